The van der Waals surface area contributed by atoms with Crippen LogP contribution in [0.5, 0.6) is 5.75 Å². The Morgan fingerprint density at radius 3 is 2.00 bits per heavy atom. The summed E-state index contributed by atoms with van der Waals surface area (Å²) in [6, 6.07) is 7.93. The molecule has 0 aliphatic carbocycles. The summed E-state index contributed by atoms with van der Waals surface area (Å²) in [5.74, 6) is 0.167. The summed E-state index contributed by atoms with van der Waals surface area (Å²) >= 11 is 0. The van der Waals surface area contributed by atoms with Crippen molar-refractivity contribution in [3.8, 4) is 5.75 Å². The molecule has 13 heavy (non-hydrogen) atoms. The molecule has 0 radical (unpaired) electrons. The third kappa shape index (κ3) is 6.34. The second kappa shape index (κ2) is 5.75. The van der Waals surface area contributed by atoms with Gasteiger partial charge in [0.1, 0.15) is 5.75 Å². The lowest BCUT2D eigenvalue weighted by molar-refractivity contribution is 0.283. The van der Waals surface area contributed by atoms with Crippen LogP contribution in [0.15, 0.2) is 30.3 Å². The molecule has 1 rings (SSSR count). The normalized spacial score (nSPS) is 9.85. The van der Waals surface area contributed by atoms with Crippen LogP contribution in [-0.4, -0.2) is 9.79 Å². The van der Waals surface area contributed by atoms with Crippen molar-refractivity contribution in [1.82, 2.24) is 0 Å². The van der Waals surface area contributed by atoms with Crippen LogP contribution in [0.2, 0.25) is 0 Å². The molecule has 0 saturated carbocycles. The molecule has 0 amide bonds. The van der Waals surface area contributed by atoms with E-state index in [0.717, 1.165) is 0 Å². The number of phosphoric ester groups is 1. The van der Waals surface area contributed by atoms with Crippen LogP contribution < -0.4 is 4.52 Å². The number of para-hydroxylation sites is 1. The van der Waals surface area contributed by atoms with Crippen molar-refractivity contribution in [2.75, 3.05) is 0 Å². The van der Waals surface area contributed by atoms with Gasteiger partial charge in [-0.25, -0.2) is 4.57 Å². The van der Waals surface area contributed by atoms with Crippen LogP contribution in [-0.2, 0) is 4.57 Å². The Morgan fingerprint density at radius 2 is 1.62 bits per heavy atom. The Kier molecular flexibility index (Phi) is 5.39. The van der Waals surface area contributed by atoms with E-state index in [4.69, 9.17) is 9.79 Å². The van der Waals surface area contributed by atoms with Crippen LogP contribution in [0.4, 0.5) is 0 Å². The van der Waals surface area contributed by atoms with E-state index in [0.29, 0.717) is 0 Å². The molecule has 1 aromatic carbocycles. The van der Waals surface area contributed by atoms with Gasteiger partial charge in [-0.2, -0.15) is 0 Å². The van der Waals surface area contributed by atoms with Gasteiger partial charge in [0, 0.05) is 0 Å². The lowest BCUT2D eigenvalue weighted by Gasteiger charge is -2.04. The van der Waals surface area contributed by atoms with Crippen molar-refractivity contribution in [3.05, 3.63) is 30.3 Å². The number of hydrogen-bond donors (Lipinski definition) is 2. The minimum atomic E-state index is -4.39. The maximum Gasteiger partial charge on any atom is 0.524 e. The first-order chi connectivity index (χ1) is 6.08. The third-order valence-electron chi connectivity index (χ3n) is 0.968. The average molecular weight is 204 g/mol. The van der Waals surface area contributed by atoms with E-state index in [2.05, 4.69) is 4.52 Å². The van der Waals surface area contributed by atoms with E-state index >= 15 is 0 Å². The average Bonchev–Trinajstić information content (AvgIpc) is 2.07. The summed E-state index contributed by atoms with van der Waals surface area (Å²) in [6.45, 7) is 4.00. The molecule has 0 unspecified atom stereocenters. The van der Waals surface area contributed by atoms with Crippen molar-refractivity contribution >= 4 is 7.82 Å². The van der Waals surface area contributed by atoms with Gasteiger partial charge < -0.3 is 4.52 Å². The lowest BCUT2D eigenvalue weighted by Crippen LogP contribution is -1.88. The second-order valence-electron chi connectivity index (χ2n) is 1.89. The molecule has 74 valence electrons. The lowest BCUT2D eigenvalue weighted by atomic mass is 10.3. The van der Waals surface area contributed by atoms with Gasteiger partial charge in [0.25, 0.3) is 0 Å². The molecule has 0 bridgehead atoms. The highest BCUT2D eigenvalue weighted by atomic mass is 31.2. The van der Waals surface area contributed by atoms with E-state index in [1.807, 2.05) is 13.8 Å². The Morgan fingerprint density at radius 1 is 1.15 bits per heavy atom. The largest absolute Gasteiger partial charge is 0.524 e. The molecule has 0 saturated heterocycles. The molecule has 0 aliphatic rings. The fourth-order valence-corrected chi connectivity index (χ4v) is 1.02. The van der Waals surface area contributed by atoms with Gasteiger partial charge >= 0.3 is 7.82 Å². The molecule has 0 heterocycles. The topological polar surface area (TPSA) is 66.8 Å². The maximum absolute atomic E-state index is 10.3. The van der Waals surface area contributed by atoms with Gasteiger partial charge in [-0.05, 0) is 12.1 Å². The Balaban J connectivity index is 0.000000671. The van der Waals surface area contributed by atoms with Crippen molar-refractivity contribution in [2.24, 2.45) is 0 Å². The first-order valence-electron chi connectivity index (χ1n) is 3.88. The number of rotatable bonds is 2. The van der Waals surface area contributed by atoms with Crippen molar-refractivity contribution in [3.63, 3.8) is 0 Å². The van der Waals surface area contributed by atoms with Crippen molar-refractivity contribution in [1.29, 1.82) is 0 Å². The highest BCUT2D eigenvalue weighted by Crippen LogP contribution is 2.36. The highest BCUT2D eigenvalue weighted by molar-refractivity contribution is 7.46. The van der Waals surface area contributed by atoms with Crippen molar-refractivity contribution in [2.45, 2.75) is 13.8 Å². The predicted octanol–water partition coefficient (Wildman–Crippen LogP) is 2.18. The van der Waals surface area contributed by atoms with Crippen LogP contribution in [0.25, 0.3) is 0 Å². The van der Waals surface area contributed by atoms with Crippen LogP contribution in [0.1, 0.15) is 13.8 Å². The molecule has 0 aromatic heterocycles. The second-order valence-corrected chi connectivity index (χ2v) is 3.06. The highest BCUT2D eigenvalue weighted by Gasteiger charge is 2.14. The number of phosphoric acid groups is 1. The van der Waals surface area contributed by atoms with Crippen molar-refractivity contribution < 1.29 is 18.9 Å². The van der Waals surface area contributed by atoms with E-state index in [1.54, 1.807) is 18.2 Å². The Bertz CT molecular complexity index is 267. The summed E-state index contributed by atoms with van der Waals surface area (Å²) in [7, 11) is -4.39. The first kappa shape index (κ1) is 12.2. The molecule has 0 spiro atoms. The fraction of sp³-hybridized carbons (Fsp3) is 0.250. The summed E-state index contributed by atoms with van der Waals surface area (Å²) in [5.41, 5.74) is 0. The van der Waals surface area contributed by atoms with Gasteiger partial charge in [0.15, 0.2) is 0 Å². The molecule has 0 fully saturated rings. The molecule has 0 aliphatic heterocycles. The van der Waals surface area contributed by atoms with Crippen LogP contribution >= 0.6 is 7.82 Å². The molecule has 4 nitrogen and oxygen atoms in total. The van der Waals surface area contributed by atoms with E-state index in [-0.39, 0.29) is 5.75 Å². The van der Waals surface area contributed by atoms with Crippen LogP contribution in [0.3, 0.4) is 0 Å². The van der Waals surface area contributed by atoms with Crippen LogP contribution in [0, 0.1) is 0 Å². The molecular weight excluding hydrogens is 191 g/mol. The predicted molar refractivity (Wildman–Crippen MR) is 50.5 cm³/mol. The fourth-order valence-electron chi connectivity index (χ4n) is 0.619. The standard InChI is InChI=1S/C6H7O4P.C2H6/c7-11(8,9)10-6-4-2-1-3-5-6;1-2/h1-5H,(H2,7,8,9);1-2H3. The number of hydrogen-bond acceptors (Lipinski definition) is 2. The summed E-state index contributed by atoms with van der Waals surface area (Å²) in [6.07, 6.45) is 0. The number of benzene rings is 1. The van der Waals surface area contributed by atoms with E-state index in [9.17, 15) is 4.57 Å². The Labute approximate surface area is 77.4 Å². The first-order valence-corrected chi connectivity index (χ1v) is 5.41. The summed E-state index contributed by atoms with van der Waals surface area (Å²) in [4.78, 5) is 16.7. The molecule has 5 heteroatoms. The zero-order valence-corrected chi connectivity index (χ0v) is 8.44. The quantitative estimate of drug-likeness (QED) is 0.724. The summed E-state index contributed by atoms with van der Waals surface area (Å²) < 4.78 is 14.5. The van der Waals surface area contributed by atoms with Gasteiger partial charge in [-0.1, -0.05) is 32.0 Å². The van der Waals surface area contributed by atoms with E-state index in [1.165, 1.54) is 12.1 Å². The minimum absolute atomic E-state index is 0.167. The minimum Gasteiger partial charge on any atom is -0.404 e. The molecule has 0 atom stereocenters. The van der Waals surface area contributed by atoms with Gasteiger partial charge in [0.2, 0.25) is 0 Å². The SMILES string of the molecule is CC.O=P(O)(O)Oc1ccccc1. The monoisotopic (exact) mass is 204 g/mol. The maximum atomic E-state index is 10.3. The summed E-state index contributed by atoms with van der Waals surface area (Å²) in [5, 5.41) is 0. The zero-order chi connectivity index (χ0) is 10.3. The molecule has 1 aromatic rings. The van der Waals surface area contributed by atoms with Gasteiger partial charge in [-0.15, -0.1) is 0 Å². The molecule has 2 N–H and O–H groups in total. The zero-order valence-electron chi connectivity index (χ0n) is 7.54. The van der Waals surface area contributed by atoms with E-state index < -0.39 is 7.82 Å². The third-order valence-corrected chi connectivity index (χ3v) is 1.42. The van der Waals surface area contributed by atoms with Gasteiger partial charge in [-0.3, -0.25) is 9.79 Å². The molecular formula is C8H13O4P. The van der Waals surface area contributed by atoms with Gasteiger partial charge in [0.05, 0.1) is 0 Å². The Hall–Kier alpha value is -0.830. The smallest absolute Gasteiger partial charge is 0.404 e.